The van der Waals surface area contributed by atoms with Gasteiger partial charge in [-0.25, -0.2) is 0 Å². The van der Waals surface area contributed by atoms with Crippen molar-refractivity contribution in [3.63, 3.8) is 0 Å². The summed E-state index contributed by atoms with van der Waals surface area (Å²) in [6, 6.07) is 0. The molecule has 1 aliphatic rings. The number of allylic oxidation sites excluding steroid dienone is 1. The summed E-state index contributed by atoms with van der Waals surface area (Å²) < 4.78 is 22.9. The van der Waals surface area contributed by atoms with Crippen molar-refractivity contribution in [2.75, 3.05) is 13.2 Å². The summed E-state index contributed by atoms with van der Waals surface area (Å²) in [6.45, 7) is 7.99. The zero-order chi connectivity index (χ0) is 13.6. The summed E-state index contributed by atoms with van der Waals surface area (Å²) in [5, 5.41) is 0.437. The van der Waals surface area contributed by atoms with Gasteiger partial charge in [-0.15, -0.1) is 0 Å². The van der Waals surface area contributed by atoms with E-state index in [1.54, 1.807) is 13.8 Å². The van der Waals surface area contributed by atoms with Gasteiger partial charge in [0.15, 0.2) is 0 Å². The summed E-state index contributed by atoms with van der Waals surface area (Å²) in [7, 11) is -3.25. The largest absolute Gasteiger partial charge is 0.356 e. The van der Waals surface area contributed by atoms with Gasteiger partial charge in [0.1, 0.15) is 5.78 Å². The highest BCUT2D eigenvalue weighted by Gasteiger charge is 2.32. The second kappa shape index (κ2) is 7.22. The molecule has 1 unspecified atom stereocenters. The second-order valence-corrected chi connectivity index (χ2v) is 6.66. The molecule has 0 aromatic rings. The van der Waals surface area contributed by atoms with Crippen molar-refractivity contribution < 1.29 is 18.4 Å². The van der Waals surface area contributed by atoms with Crippen molar-refractivity contribution in [2.45, 2.75) is 46.0 Å². The molecular formula is C13H23O4P. The number of Topliss-reactive ketones (excluding diaryl/α,β-unsaturated/α-hetero) is 1. The summed E-state index contributed by atoms with van der Waals surface area (Å²) in [4.78, 5) is 11.8. The third kappa shape index (κ3) is 4.04. The van der Waals surface area contributed by atoms with Gasteiger partial charge >= 0.3 is 7.60 Å². The molecule has 1 atom stereocenters. The van der Waals surface area contributed by atoms with Crippen LogP contribution in [0.1, 0.15) is 46.0 Å². The van der Waals surface area contributed by atoms with Crippen molar-refractivity contribution in [3.05, 3.63) is 11.9 Å². The first-order valence-corrected chi connectivity index (χ1v) is 8.18. The summed E-state index contributed by atoms with van der Waals surface area (Å²) >= 11 is 0. The van der Waals surface area contributed by atoms with Crippen LogP contribution in [-0.2, 0) is 18.4 Å². The highest BCUT2D eigenvalue weighted by Crippen LogP contribution is 2.57. The normalized spacial score (nSPS) is 21.0. The van der Waals surface area contributed by atoms with Gasteiger partial charge in [0.25, 0.3) is 0 Å². The van der Waals surface area contributed by atoms with Gasteiger partial charge < -0.3 is 9.05 Å². The molecule has 1 rings (SSSR count). The molecule has 4 nitrogen and oxygen atoms in total. The number of carbonyl (C=O) groups excluding carboxylic acids is 1. The molecule has 0 amide bonds. The Bertz CT molecular complexity index is 341. The van der Waals surface area contributed by atoms with Gasteiger partial charge in [-0.1, -0.05) is 13.0 Å². The Hall–Kier alpha value is -0.440. The van der Waals surface area contributed by atoms with Crippen molar-refractivity contribution in [1.29, 1.82) is 0 Å². The van der Waals surface area contributed by atoms with Crippen molar-refractivity contribution in [1.82, 2.24) is 0 Å². The number of rotatable bonds is 7. The Morgan fingerprint density at radius 3 is 2.44 bits per heavy atom. The van der Waals surface area contributed by atoms with Gasteiger partial charge in [-0.3, -0.25) is 9.36 Å². The molecule has 0 spiro atoms. The Balaban J connectivity index is 2.66. The first-order chi connectivity index (χ1) is 8.53. The molecule has 0 aliphatic heterocycles. The maximum absolute atomic E-state index is 12.4. The maximum atomic E-state index is 12.4. The summed E-state index contributed by atoms with van der Waals surface area (Å²) in [5.41, 5.74) is 0. The fourth-order valence-electron chi connectivity index (χ4n) is 2.23. The molecule has 0 radical (unpaired) electrons. The first kappa shape index (κ1) is 15.6. The van der Waals surface area contributed by atoms with Crippen LogP contribution in [0.3, 0.4) is 0 Å². The molecule has 104 valence electrons. The van der Waals surface area contributed by atoms with Crippen LogP contribution in [0.4, 0.5) is 0 Å². The Morgan fingerprint density at radius 2 is 1.94 bits per heavy atom. The average molecular weight is 274 g/mol. The van der Waals surface area contributed by atoms with E-state index in [-0.39, 0.29) is 11.7 Å². The second-order valence-electron chi connectivity index (χ2n) is 4.51. The van der Waals surface area contributed by atoms with E-state index in [9.17, 15) is 9.36 Å². The van der Waals surface area contributed by atoms with Gasteiger partial charge in [0, 0.05) is 17.7 Å². The molecule has 5 heteroatoms. The molecule has 1 aliphatic carbocycles. The van der Waals surface area contributed by atoms with Gasteiger partial charge in [-0.05, 0) is 33.1 Å². The molecule has 0 N–H and O–H groups in total. The van der Waals surface area contributed by atoms with E-state index in [1.165, 1.54) is 0 Å². The molecule has 18 heavy (non-hydrogen) atoms. The SMILES string of the molecule is C=C(CC1CCCCC1=O)P(=O)(OCC)OCC. The van der Waals surface area contributed by atoms with Crippen molar-refractivity contribution >= 4 is 13.4 Å². The van der Waals surface area contributed by atoms with Gasteiger partial charge in [0.2, 0.25) is 0 Å². The zero-order valence-electron chi connectivity index (χ0n) is 11.3. The van der Waals surface area contributed by atoms with Crippen LogP contribution in [0.15, 0.2) is 11.9 Å². The van der Waals surface area contributed by atoms with E-state index in [2.05, 4.69) is 6.58 Å². The van der Waals surface area contributed by atoms with E-state index in [0.29, 0.717) is 31.4 Å². The minimum atomic E-state index is -3.25. The minimum Gasteiger partial charge on any atom is -0.306 e. The lowest BCUT2D eigenvalue weighted by Gasteiger charge is -2.24. The third-order valence-electron chi connectivity index (χ3n) is 3.15. The van der Waals surface area contributed by atoms with Crippen LogP contribution in [-0.4, -0.2) is 19.0 Å². The first-order valence-electron chi connectivity index (χ1n) is 6.63. The van der Waals surface area contributed by atoms with Crippen LogP contribution in [0, 0.1) is 5.92 Å². The van der Waals surface area contributed by atoms with E-state index in [1.807, 2.05) is 0 Å². The smallest absolute Gasteiger partial charge is 0.306 e. The lowest BCUT2D eigenvalue weighted by atomic mass is 9.86. The predicted molar refractivity (Wildman–Crippen MR) is 71.6 cm³/mol. The highest BCUT2D eigenvalue weighted by atomic mass is 31.2. The van der Waals surface area contributed by atoms with E-state index in [4.69, 9.17) is 9.05 Å². The fourth-order valence-corrected chi connectivity index (χ4v) is 3.79. The zero-order valence-corrected chi connectivity index (χ0v) is 12.2. The van der Waals surface area contributed by atoms with Gasteiger partial charge in [-0.2, -0.15) is 0 Å². The fraction of sp³-hybridized carbons (Fsp3) is 0.769. The maximum Gasteiger partial charge on any atom is 0.356 e. The van der Waals surface area contributed by atoms with Crippen LogP contribution >= 0.6 is 7.60 Å². The molecule has 0 aromatic heterocycles. The van der Waals surface area contributed by atoms with E-state index in [0.717, 1.165) is 19.3 Å². The van der Waals surface area contributed by atoms with Gasteiger partial charge in [0.05, 0.1) is 13.2 Å². The van der Waals surface area contributed by atoms with Crippen LogP contribution in [0.25, 0.3) is 0 Å². The molecule has 1 fully saturated rings. The quantitative estimate of drug-likeness (QED) is 0.660. The molecule has 1 saturated carbocycles. The van der Waals surface area contributed by atoms with Crippen molar-refractivity contribution in [2.24, 2.45) is 5.92 Å². The third-order valence-corrected chi connectivity index (χ3v) is 5.30. The van der Waals surface area contributed by atoms with Crippen LogP contribution < -0.4 is 0 Å². The molecule has 0 aromatic carbocycles. The topological polar surface area (TPSA) is 52.6 Å². The predicted octanol–water partition coefficient (Wildman–Crippen LogP) is 3.92. The van der Waals surface area contributed by atoms with E-state index < -0.39 is 7.60 Å². The standard InChI is InChI=1S/C13H23O4P/c1-4-16-18(15,17-5-2)11(3)10-12-8-6-7-9-13(12)14/h12H,3-10H2,1-2H3. The Kier molecular flexibility index (Phi) is 6.27. The lowest BCUT2D eigenvalue weighted by Crippen LogP contribution is -2.19. The van der Waals surface area contributed by atoms with Crippen LogP contribution in [0.2, 0.25) is 0 Å². The van der Waals surface area contributed by atoms with Crippen molar-refractivity contribution in [3.8, 4) is 0 Å². The highest BCUT2D eigenvalue weighted by molar-refractivity contribution is 7.58. The average Bonchev–Trinajstić information content (AvgIpc) is 2.32. The number of carbonyl (C=O) groups is 1. The molecule has 0 heterocycles. The number of hydrogen-bond donors (Lipinski definition) is 0. The Morgan fingerprint density at radius 1 is 1.33 bits per heavy atom. The minimum absolute atomic E-state index is 0.0551. The monoisotopic (exact) mass is 274 g/mol. The number of hydrogen-bond acceptors (Lipinski definition) is 4. The summed E-state index contributed by atoms with van der Waals surface area (Å²) in [5.74, 6) is 0.197. The van der Waals surface area contributed by atoms with E-state index >= 15 is 0 Å². The molecular weight excluding hydrogens is 251 g/mol. The Labute approximate surface area is 109 Å². The summed E-state index contributed by atoms with van der Waals surface area (Å²) in [6.07, 6.45) is 3.94. The molecule has 0 bridgehead atoms. The van der Waals surface area contributed by atoms with Crippen LogP contribution in [0.5, 0.6) is 0 Å². The molecule has 0 saturated heterocycles. The lowest BCUT2D eigenvalue weighted by molar-refractivity contribution is -0.124. The number of ketones is 1.